The first-order valence-electron chi connectivity index (χ1n) is 3.53. The highest BCUT2D eigenvalue weighted by Crippen LogP contribution is 2.12. The molecule has 0 aliphatic rings. The Morgan fingerprint density at radius 2 is 2.46 bits per heavy atom. The minimum Gasteiger partial charge on any atom is -0.346 e. The van der Waals surface area contributed by atoms with E-state index in [1.54, 1.807) is 5.51 Å². The first-order valence-corrected chi connectivity index (χ1v) is 4.41. The van der Waals surface area contributed by atoms with E-state index >= 15 is 0 Å². The van der Waals surface area contributed by atoms with Crippen molar-refractivity contribution in [2.75, 3.05) is 0 Å². The van der Waals surface area contributed by atoms with Crippen LogP contribution in [-0.4, -0.2) is 16.8 Å². The van der Waals surface area contributed by atoms with Crippen molar-refractivity contribution >= 4 is 17.2 Å². The van der Waals surface area contributed by atoms with Crippen molar-refractivity contribution < 1.29 is 13.6 Å². The standard InChI is InChI=1S/C7H8F2N2OS/c1-7(8,9)6(12)11-3-5-2-10-4-13-5/h2,4H,3H2,1H3,(H,11,12). The normalized spacial score (nSPS) is 11.3. The summed E-state index contributed by atoms with van der Waals surface area (Å²) in [7, 11) is 0. The van der Waals surface area contributed by atoms with Crippen molar-refractivity contribution in [1.82, 2.24) is 10.3 Å². The minimum atomic E-state index is -3.31. The van der Waals surface area contributed by atoms with E-state index in [0.29, 0.717) is 6.92 Å². The van der Waals surface area contributed by atoms with Crippen LogP contribution in [0.5, 0.6) is 0 Å². The quantitative estimate of drug-likeness (QED) is 0.812. The van der Waals surface area contributed by atoms with E-state index in [-0.39, 0.29) is 6.54 Å². The molecule has 0 unspecified atom stereocenters. The summed E-state index contributed by atoms with van der Waals surface area (Å²) in [5.41, 5.74) is 1.57. The Hall–Kier alpha value is -1.04. The number of hydrogen-bond acceptors (Lipinski definition) is 3. The van der Waals surface area contributed by atoms with E-state index in [0.717, 1.165) is 4.88 Å². The average Bonchev–Trinajstić information content (AvgIpc) is 2.50. The van der Waals surface area contributed by atoms with Gasteiger partial charge in [0, 0.05) is 18.0 Å². The highest BCUT2D eigenvalue weighted by Gasteiger charge is 2.31. The van der Waals surface area contributed by atoms with Gasteiger partial charge in [0.1, 0.15) is 0 Å². The summed E-state index contributed by atoms with van der Waals surface area (Å²) in [5.74, 6) is -4.58. The summed E-state index contributed by atoms with van der Waals surface area (Å²) in [6, 6.07) is 0. The third-order valence-electron chi connectivity index (χ3n) is 1.31. The summed E-state index contributed by atoms with van der Waals surface area (Å²) < 4.78 is 24.6. The van der Waals surface area contributed by atoms with Gasteiger partial charge in [0.2, 0.25) is 0 Å². The lowest BCUT2D eigenvalue weighted by atomic mass is 10.3. The molecule has 0 fully saturated rings. The molecule has 6 heteroatoms. The van der Waals surface area contributed by atoms with Crippen molar-refractivity contribution in [2.24, 2.45) is 0 Å². The average molecular weight is 206 g/mol. The third-order valence-corrected chi connectivity index (χ3v) is 2.08. The number of aromatic nitrogens is 1. The maximum Gasteiger partial charge on any atom is 0.321 e. The summed E-state index contributed by atoms with van der Waals surface area (Å²) >= 11 is 1.30. The Morgan fingerprint density at radius 3 is 2.92 bits per heavy atom. The number of alkyl halides is 2. The fourth-order valence-corrected chi connectivity index (χ4v) is 1.19. The molecule has 1 N–H and O–H groups in total. The second-order valence-corrected chi connectivity index (χ2v) is 3.51. The number of halogens is 2. The molecule has 0 saturated heterocycles. The van der Waals surface area contributed by atoms with Gasteiger partial charge in [-0.2, -0.15) is 8.78 Å². The number of nitrogens with zero attached hydrogens (tertiary/aromatic N) is 1. The predicted molar refractivity (Wildman–Crippen MR) is 44.6 cm³/mol. The zero-order valence-corrected chi connectivity index (χ0v) is 7.70. The fraction of sp³-hybridized carbons (Fsp3) is 0.429. The van der Waals surface area contributed by atoms with Crippen molar-refractivity contribution in [3.05, 3.63) is 16.6 Å². The summed E-state index contributed by atoms with van der Waals surface area (Å²) in [5, 5.41) is 2.11. The first kappa shape index (κ1) is 10.0. The molecule has 0 aromatic carbocycles. The predicted octanol–water partition coefficient (Wildman–Crippen LogP) is 1.41. The van der Waals surface area contributed by atoms with Crippen LogP contribution in [0.1, 0.15) is 11.8 Å². The zero-order valence-electron chi connectivity index (χ0n) is 6.88. The van der Waals surface area contributed by atoms with Gasteiger partial charge in [-0.15, -0.1) is 11.3 Å². The van der Waals surface area contributed by atoms with Crippen LogP contribution in [0.2, 0.25) is 0 Å². The molecule has 1 rings (SSSR count). The molecule has 1 amide bonds. The molecule has 0 saturated carbocycles. The van der Waals surface area contributed by atoms with Gasteiger partial charge < -0.3 is 5.32 Å². The Balaban J connectivity index is 2.40. The van der Waals surface area contributed by atoms with Crippen LogP contribution in [0.15, 0.2) is 11.7 Å². The van der Waals surface area contributed by atoms with Crippen molar-refractivity contribution in [3.8, 4) is 0 Å². The molecule has 1 aromatic rings. The lowest BCUT2D eigenvalue weighted by molar-refractivity contribution is -0.143. The van der Waals surface area contributed by atoms with Gasteiger partial charge in [0.05, 0.1) is 12.1 Å². The van der Waals surface area contributed by atoms with Gasteiger partial charge in [-0.1, -0.05) is 0 Å². The maximum atomic E-state index is 12.3. The van der Waals surface area contributed by atoms with E-state index in [9.17, 15) is 13.6 Å². The third kappa shape index (κ3) is 3.06. The van der Waals surface area contributed by atoms with Crippen molar-refractivity contribution in [3.63, 3.8) is 0 Å². The molecule has 1 heterocycles. The number of nitrogens with one attached hydrogen (secondary N) is 1. The van der Waals surface area contributed by atoms with Gasteiger partial charge in [0.25, 0.3) is 5.91 Å². The maximum absolute atomic E-state index is 12.3. The monoisotopic (exact) mass is 206 g/mol. The number of amides is 1. The van der Waals surface area contributed by atoms with Crippen LogP contribution >= 0.6 is 11.3 Å². The van der Waals surface area contributed by atoms with Crippen LogP contribution in [0.25, 0.3) is 0 Å². The topological polar surface area (TPSA) is 42.0 Å². The summed E-state index contributed by atoms with van der Waals surface area (Å²) in [4.78, 5) is 15.2. The molecule has 0 aliphatic carbocycles. The molecule has 0 bridgehead atoms. The molecule has 0 radical (unpaired) electrons. The highest BCUT2D eigenvalue weighted by molar-refractivity contribution is 7.09. The van der Waals surface area contributed by atoms with E-state index in [4.69, 9.17) is 0 Å². The van der Waals surface area contributed by atoms with Crippen molar-refractivity contribution in [1.29, 1.82) is 0 Å². The number of carbonyl (C=O) groups is 1. The Kier molecular flexibility index (Phi) is 2.92. The summed E-state index contributed by atoms with van der Waals surface area (Å²) in [6.07, 6.45) is 1.53. The Labute approximate surface area is 77.8 Å². The summed E-state index contributed by atoms with van der Waals surface area (Å²) in [6.45, 7) is 0.669. The van der Waals surface area contributed by atoms with Crippen molar-refractivity contribution in [2.45, 2.75) is 19.4 Å². The molecule has 0 spiro atoms. The first-order chi connectivity index (χ1) is 6.00. The number of thiazole rings is 1. The number of rotatable bonds is 3. The highest BCUT2D eigenvalue weighted by atomic mass is 32.1. The number of carbonyl (C=O) groups excluding carboxylic acids is 1. The lowest BCUT2D eigenvalue weighted by Crippen LogP contribution is -2.37. The second kappa shape index (κ2) is 3.78. The van der Waals surface area contributed by atoms with Crippen LogP contribution in [0.4, 0.5) is 8.78 Å². The van der Waals surface area contributed by atoms with Gasteiger partial charge in [-0.3, -0.25) is 9.78 Å². The molecular formula is C7H8F2N2OS. The molecule has 0 aliphatic heterocycles. The Bertz CT molecular complexity index is 281. The molecule has 3 nitrogen and oxygen atoms in total. The zero-order chi connectivity index (χ0) is 9.90. The van der Waals surface area contributed by atoms with Crippen LogP contribution in [-0.2, 0) is 11.3 Å². The van der Waals surface area contributed by atoms with Crippen LogP contribution < -0.4 is 5.32 Å². The SMILES string of the molecule is CC(F)(F)C(=O)NCc1cncs1. The van der Waals surface area contributed by atoms with Gasteiger partial charge >= 0.3 is 5.92 Å². The molecule has 1 aromatic heterocycles. The van der Waals surface area contributed by atoms with E-state index in [1.807, 2.05) is 0 Å². The fourth-order valence-electron chi connectivity index (χ4n) is 0.652. The van der Waals surface area contributed by atoms with Gasteiger partial charge in [0.15, 0.2) is 0 Å². The van der Waals surface area contributed by atoms with Gasteiger partial charge in [-0.05, 0) is 0 Å². The van der Waals surface area contributed by atoms with E-state index < -0.39 is 11.8 Å². The van der Waals surface area contributed by atoms with Crippen LogP contribution in [0.3, 0.4) is 0 Å². The van der Waals surface area contributed by atoms with Crippen LogP contribution in [0, 0.1) is 0 Å². The smallest absolute Gasteiger partial charge is 0.321 e. The second-order valence-electron chi connectivity index (χ2n) is 2.54. The largest absolute Gasteiger partial charge is 0.346 e. The molecule has 0 atom stereocenters. The van der Waals surface area contributed by atoms with E-state index in [2.05, 4.69) is 10.3 Å². The van der Waals surface area contributed by atoms with E-state index in [1.165, 1.54) is 17.5 Å². The molecule has 13 heavy (non-hydrogen) atoms. The number of hydrogen-bond donors (Lipinski definition) is 1. The Morgan fingerprint density at radius 1 is 1.77 bits per heavy atom. The molecular weight excluding hydrogens is 198 g/mol. The molecule has 72 valence electrons. The minimum absolute atomic E-state index is 0.104. The lowest BCUT2D eigenvalue weighted by Gasteiger charge is -2.09. The van der Waals surface area contributed by atoms with Gasteiger partial charge in [-0.25, -0.2) is 0 Å².